The standard InChI is InChI=1S/C18H17F2NO2/c19-18(20)23-16-8-4-3-7-15(16)21-17(22)14-10-9-12-5-1-2-6-13(12)11-14/h3-4,7-11,18H,1-2,5-6H2,(H,21,22). The van der Waals surface area contributed by atoms with Gasteiger partial charge >= 0.3 is 6.61 Å². The van der Waals surface area contributed by atoms with Crippen LogP contribution in [0, 0.1) is 0 Å². The van der Waals surface area contributed by atoms with Gasteiger partial charge in [0.1, 0.15) is 5.75 Å². The fourth-order valence-corrected chi connectivity index (χ4v) is 2.84. The number of aryl methyl sites for hydroxylation is 2. The van der Waals surface area contributed by atoms with E-state index in [0.717, 1.165) is 19.3 Å². The van der Waals surface area contributed by atoms with Gasteiger partial charge in [-0.1, -0.05) is 18.2 Å². The maximum Gasteiger partial charge on any atom is 0.387 e. The van der Waals surface area contributed by atoms with Crippen molar-refractivity contribution in [2.45, 2.75) is 32.3 Å². The second-order valence-corrected chi connectivity index (χ2v) is 5.52. The van der Waals surface area contributed by atoms with E-state index in [4.69, 9.17) is 0 Å². The van der Waals surface area contributed by atoms with Gasteiger partial charge in [-0.2, -0.15) is 8.78 Å². The molecule has 0 radical (unpaired) electrons. The molecule has 1 aliphatic carbocycles. The Morgan fingerprint density at radius 3 is 2.57 bits per heavy atom. The third kappa shape index (κ3) is 3.67. The minimum Gasteiger partial charge on any atom is -0.433 e. The van der Waals surface area contributed by atoms with Gasteiger partial charge in [0, 0.05) is 5.56 Å². The molecule has 120 valence electrons. The minimum atomic E-state index is -2.93. The Hall–Kier alpha value is -2.43. The van der Waals surface area contributed by atoms with Crippen molar-refractivity contribution in [1.29, 1.82) is 0 Å². The summed E-state index contributed by atoms with van der Waals surface area (Å²) in [5.41, 5.74) is 3.24. The van der Waals surface area contributed by atoms with Crippen molar-refractivity contribution in [3.63, 3.8) is 0 Å². The van der Waals surface area contributed by atoms with E-state index < -0.39 is 6.61 Å². The Balaban J connectivity index is 1.79. The number of carbonyl (C=O) groups excluding carboxylic acids is 1. The van der Waals surface area contributed by atoms with Crippen molar-refractivity contribution in [3.05, 3.63) is 59.2 Å². The molecule has 0 fully saturated rings. The van der Waals surface area contributed by atoms with E-state index in [1.165, 1.54) is 29.7 Å². The highest BCUT2D eigenvalue weighted by atomic mass is 19.3. The zero-order valence-electron chi connectivity index (χ0n) is 12.5. The molecular formula is C18H17F2NO2. The lowest BCUT2D eigenvalue weighted by atomic mass is 9.90. The highest BCUT2D eigenvalue weighted by Crippen LogP contribution is 2.27. The molecule has 0 unspecified atom stereocenters. The van der Waals surface area contributed by atoms with Crippen LogP contribution in [0.4, 0.5) is 14.5 Å². The van der Waals surface area contributed by atoms with Crippen LogP contribution in [0.1, 0.15) is 34.3 Å². The van der Waals surface area contributed by atoms with Gasteiger partial charge in [-0.15, -0.1) is 0 Å². The first kappa shape index (κ1) is 15.5. The topological polar surface area (TPSA) is 38.3 Å². The number of benzene rings is 2. The van der Waals surface area contributed by atoms with Crippen LogP contribution in [-0.2, 0) is 12.8 Å². The number of para-hydroxylation sites is 2. The van der Waals surface area contributed by atoms with E-state index in [9.17, 15) is 13.6 Å². The van der Waals surface area contributed by atoms with Gasteiger partial charge in [0.2, 0.25) is 0 Å². The van der Waals surface area contributed by atoms with Gasteiger partial charge < -0.3 is 10.1 Å². The maximum atomic E-state index is 12.4. The van der Waals surface area contributed by atoms with Crippen LogP contribution in [0.3, 0.4) is 0 Å². The molecule has 0 saturated carbocycles. The number of rotatable bonds is 4. The Kier molecular flexibility index (Phi) is 4.55. The van der Waals surface area contributed by atoms with Gasteiger partial charge in [0.25, 0.3) is 5.91 Å². The fraction of sp³-hybridized carbons (Fsp3) is 0.278. The Labute approximate surface area is 133 Å². The summed E-state index contributed by atoms with van der Waals surface area (Å²) >= 11 is 0. The summed E-state index contributed by atoms with van der Waals surface area (Å²) < 4.78 is 29.3. The molecule has 3 nitrogen and oxygen atoms in total. The molecule has 1 aliphatic rings. The van der Waals surface area contributed by atoms with Crippen molar-refractivity contribution in [2.24, 2.45) is 0 Å². The molecule has 0 spiro atoms. The number of halogens is 2. The predicted molar refractivity (Wildman–Crippen MR) is 84.1 cm³/mol. The fourth-order valence-electron chi connectivity index (χ4n) is 2.84. The van der Waals surface area contributed by atoms with Crippen molar-refractivity contribution < 1.29 is 18.3 Å². The summed E-state index contributed by atoms with van der Waals surface area (Å²) in [5, 5.41) is 2.64. The van der Waals surface area contributed by atoms with E-state index in [0.29, 0.717) is 5.56 Å². The van der Waals surface area contributed by atoms with Crippen LogP contribution in [0.15, 0.2) is 42.5 Å². The second-order valence-electron chi connectivity index (χ2n) is 5.52. The third-order valence-corrected chi connectivity index (χ3v) is 3.96. The molecule has 3 rings (SSSR count). The molecule has 0 atom stereocenters. The number of fused-ring (bicyclic) bond motifs is 1. The molecule has 0 saturated heterocycles. The van der Waals surface area contributed by atoms with Gasteiger partial charge in [-0.3, -0.25) is 4.79 Å². The first-order valence-corrected chi connectivity index (χ1v) is 7.60. The van der Waals surface area contributed by atoms with Gasteiger partial charge in [-0.05, 0) is 61.1 Å². The highest BCUT2D eigenvalue weighted by molar-refractivity contribution is 6.05. The van der Waals surface area contributed by atoms with Crippen LogP contribution < -0.4 is 10.1 Å². The van der Waals surface area contributed by atoms with Crippen LogP contribution in [-0.4, -0.2) is 12.5 Å². The zero-order chi connectivity index (χ0) is 16.2. The SMILES string of the molecule is O=C(Nc1ccccc1OC(F)F)c1ccc2c(c1)CCCC2. The summed E-state index contributed by atoms with van der Waals surface area (Å²) in [5.74, 6) is -0.377. The second kappa shape index (κ2) is 6.77. The van der Waals surface area contributed by atoms with E-state index in [2.05, 4.69) is 10.1 Å². The van der Waals surface area contributed by atoms with Crippen LogP contribution in [0.25, 0.3) is 0 Å². The number of nitrogens with one attached hydrogen (secondary N) is 1. The summed E-state index contributed by atoms with van der Waals surface area (Å²) in [4.78, 5) is 12.4. The summed E-state index contributed by atoms with van der Waals surface area (Å²) in [6.45, 7) is -2.93. The van der Waals surface area contributed by atoms with E-state index in [1.54, 1.807) is 18.2 Å². The summed E-state index contributed by atoms with van der Waals surface area (Å²) in [7, 11) is 0. The monoisotopic (exact) mass is 317 g/mol. The molecule has 0 aliphatic heterocycles. The molecule has 1 N–H and O–H groups in total. The van der Waals surface area contributed by atoms with Gasteiger partial charge in [0.05, 0.1) is 5.69 Å². The quantitative estimate of drug-likeness (QED) is 0.906. The van der Waals surface area contributed by atoms with E-state index in [-0.39, 0.29) is 17.3 Å². The van der Waals surface area contributed by atoms with E-state index in [1.807, 2.05) is 12.1 Å². The lowest BCUT2D eigenvalue weighted by molar-refractivity contribution is -0.0493. The number of carbonyl (C=O) groups is 1. The zero-order valence-corrected chi connectivity index (χ0v) is 12.5. The average molecular weight is 317 g/mol. The van der Waals surface area contributed by atoms with Gasteiger partial charge in [0.15, 0.2) is 0 Å². The smallest absolute Gasteiger partial charge is 0.387 e. The summed E-state index contributed by atoms with van der Waals surface area (Å²) in [6, 6.07) is 11.8. The van der Waals surface area contributed by atoms with Gasteiger partial charge in [-0.25, -0.2) is 0 Å². The lowest BCUT2D eigenvalue weighted by Gasteiger charge is -2.17. The first-order chi connectivity index (χ1) is 11.1. The van der Waals surface area contributed by atoms with Crippen LogP contribution in [0.5, 0.6) is 5.75 Å². The molecule has 2 aromatic rings. The number of ether oxygens (including phenoxy) is 1. The molecule has 0 bridgehead atoms. The Morgan fingerprint density at radius 1 is 1.04 bits per heavy atom. The van der Waals surface area contributed by atoms with Crippen LogP contribution >= 0.6 is 0 Å². The minimum absolute atomic E-state index is 0.0474. The van der Waals surface area contributed by atoms with Crippen molar-refractivity contribution in [1.82, 2.24) is 0 Å². The summed E-state index contributed by atoms with van der Waals surface area (Å²) in [6.07, 6.45) is 4.32. The molecule has 0 heterocycles. The number of hydrogen-bond donors (Lipinski definition) is 1. The van der Waals surface area contributed by atoms with E-state index >= 15 is 0 Å². The number of anilines is 1. The predicted octanol–water partition coefficient (Wildman–Crippen LogP) is 4.42. The van der Waals surface area contributed by atoms with Crippen molar-refractivity contribution >= 4 is 11.6 Å². The largest absolute Gasteiger partial charge is 0.433 e. The molecule has 1 amide bonds. The Morgan fingerprint density at radius 2 is 1.78 bits per heavy atom. The number of amides is 1. The number of alkyl halides is 2. The van der Waals surface area contributed by atoms with Crippen molar-refractivity contribution in [3.8, 4) is 5.75 Å². The molecule has 5 heteroatoms. The maximum absolute atomic E-state index is 12.4. The Bertz CT molecular complexity index is 716. The van der Waals surface area contributed by atoms with Crippen LogP contribution in [0.2, 0.25) is 0 Å². The lowest BCUT2D eigenvalue weighted by Crippen LogP contribution is -2.15. The van der Waals surface area contributed by atoms with Crippen molar-refractivity contribution in [2.75, 3.05) is 5.32 Å². The molecule has 0 aromatic heterocycles. The molecule has 23 heavy (non-hydrogen) atoms. The molecular weight excluding hydrogens is 300 g/mol. The third-order valence-electron chi connectivity index (χ3n) is 3.96. The highest BCUT2D eigenvalue weighted by Gasteiger charge is 2.15. The first-order valence-electron chi connectivity index (χ1n) is 7.60. The molecule has 2 aromatic carbocycles. The average Bonchev–Trinajstić information content (AvgIpc) is 2.55. The number of hydrogen-bond acceptors (Lipinski definition) is 2. The normalized spacial score (nSPS) is 13.5.